The van der Waals surface area contributed by atoms with E-state index >= 15 is 0 Å². The van der Waals surface area contributed by atoms with Crippen molar-refractivity contribution in [3.8, 4) is 11.1 Å². The Balaban J connectivity index is 1.79. The minimum absolute atomic E-state index is 0.448. The highest BCUT2D eigenvalue weighted by Crippen LogP contribution is 2.41. The molecule has 0 aliphatic rings. The number of benzene rings is 4. The molecule has 0 saturated carbocycles. The second kappa shape index (κ2) is 9.00. The van der Waals surface area contributed by atoms with Gasteiger partial charge < -0.3 is 0 Å². The Morgan fingerprint density at radius 2 is 0.929 bits per heavy atom. The first-order chi connectivity index (χ1) is 13.9. The third-order valence-electron chi connectivity index (χ3n) is 5.17. The van der Waals surface area contributed by atoms with Gasteiger partial charge in [0.2, 0.25) is 0 Å². The maximum Gasteiger partial charge on any atom is 0.00136 e. The van der Waals surface area contributed by atoms with Gasteiger partial charge >= 0.3 is 0 Å². The fraction of sp³-hybridized carbons (Fsp3) is 0.111. The van der Waals surface area contributed by atoms with E-state index in [9.17, 15) is 0 Å². The number of rotatable bonds is 6. The molecule has 0 nitrogen and oxygen atoms in total. The first-order valence-corrected chi connectivity index (χ1v) is 11.4. The molecule has 0 N–H and O–H groups in total. The summed E-state index contributed by atoms with van der Waals surface area (Å²) >= 11 is 0. The Hall–Kier alpha value is -2.69. The van der Waals surface area contributed by atoms with Crippen LogP contribution in [0.3, 0.4) is 0 Å². The molecule has 0 bridgehead atoms. The highest BCUT2D eigenvalue weighted by atomic mass is 31.1. The molecule has 0 fully saturated rings. The van der Waals surface area contributed by atoms with Gasteiger partial charge in [0, 0.05) is 6.16 Å². The highest BCUT2D eigenvalue weighted by molar-refractivity contribution is 7.72. The Morgan fingerprint density at radius 1 is 0.500 bits per heavy atom. The van der Waals surface area contributed by atoms with E-state index in [1.165, 1.54) is 32.9 Å². The van der Waals surface area contributed by atoms with Crippen molar-refractivity contribution in [2.24, 2.45) is 0 Å². The number of hydrogen-bond acceptors (Lipinski definition) is 0. The van der Waals surface area contributed by atoms with Crippen LogP contribution in [0.5, 0.6) is 0 Å². The molecule has 0 unspecified atom stereocenters. The minimum atomic E-state index is -0.448. The Labute approximate surface area is 169 Å². The molecule has 4 rings (SSSR count). The number of aryl methyl sites for hydroxylation is 1. The van der Waals surface area contributed by atoms with Crippen LogP contribution in [0.4, 0.5) is 0 Å². The van der Waals surface area contributed by atoms with Gasteiger partial charge in [0.15, 0.2) is 0 Å². The van der Waals surface area contributed by atoms with Crippen LogP contribution in [0.25, 0.3) is 11.1 Å². The van der Waals surface area contributed by atoms with Crippen LogP contribution in [-0.2, 0) is 12.6 Å². The lowest BCUT2D eigenvalue weighted by molar-refractivity contribution is 1.14. The van der Waals surface area contributed by atoms with Crippen LogP contribution < -0.4 is 10.6 Å². The average molecular weight is 380 g/mol. The quantitative estimate of drug-likeness (QED) is 0.333. The van der Waals surface area contributed by atoms with Crippen LogP contribution in [0.1, 0.15) is 18.1 Å². The molecule has 0 heterocycles. The number of hydrogen-bond donors (Lipinski definition) is 0. The molecule has 0 aliphatic heterocycles. The van der Waals surface area contributed by atoms with Crippen LogP contribution in [-0.4, -0.2) is 0 Å². The van der Waals surface area contributed by atoms with Gasteiger partial charge in [-0.15, -0.1) is 0 Å². The van der Waals surface area contributed by atoms with Crippen molar-refractivity contribution in [1.82, 2.24) is 0 Å². The molecule has 138 valence electrons. The van der Waals surface area contributed by atoms with E-state index in [1.54, 1.807) is 0 Å². The summed E-state index contributed by atoms with van der Waals surface area (Å²) < 4.78 is 0. The van der Waals surface area contributed by atoms with Crippen molar-refractivity contribution in [2.75, 3.05) is 0 Å². The van der Waals surface area contributed by atoms with Crippen molar-refractivity contribution in [3.63, 3.8) is 0 Å². The van der Waals surface area contributed by atoms with E-state index in [4.69, 9.17) is 0 Å². The monoisotopic (exact) mass is 380 g/mol. The summed E-state index contributed by atoms with van der Waals surface area (Å²) in [4.78, 5) is 0. The van der Waals surface area contributed by atoms with Gasteiger partial charge in [0.25, 0.3) is 0 Å². The molecular weight excluding hydrogens is 355 g/mol. The first-order valence-electron chi connectivity index (χ1n) is 9.90. The van der Waals surface area contributed by atoms with Crippen molar-refractivity contribution in [1.29, 1.82) is 0 Å². The molecular formula is C27H25P. The Bertz CT molecular complexity index is 983. The second-order valence-electron chi connectivity index (χ2n) is 6.93. The predicted molar refractivity (Wildman–Crippen MR) is 124 cm³/mol. The molecule has 28 heavy (non-hydrogen) atoms. The Kier molecular flexibility index (Phi) is 6.00. The summed E-state index contributed by atoms with van der Waals surface area (Å²) in [7, 11) is -0.448. The fourth-order valence-electron chi connectivity index (χ4n) is 3.73. The summed E-state index contributed by atoms with van der Waals surface area (Å²) in [5, 5.41) is 2.87. The van der Waals surface area contributed by atoms with Crippen LogP contribution in [0, 0.1) is 0 Å². The highest BCUT2D eigenvalue weighted by Gasteiger charge is 2.17. The largest absolute Gasteiger partial charge is 0.0622 e. The third kappa shape index (κ3) is 4.08. The first kappa shape index (κ1) is 18.7. The summed E-state index contributed by atoms with van der Waals surface area (Å²) in [5.41, 5.74) is 5.59. The van der Waals surface area contributed by atoms with Crippen LogP contribution in [0.15, 0.2) is 109 Å². The smallest absolute Gasteiger partial charge is 0.00136 e. The lowest BCUT2D eigenvalue weighted by Gasteiger charge is -2.21. The van der Waals surface area contributed by atoms with Crippen molar-refractivity contribution in [2.45, 2.75) is 19.5 Å². The van der Waals surface area contributed by atoms with E-state index in [0.29, 0.717) is 0 Å². The van der Waals surface area contributed by atoms with Gasteiger partial charge in [-0.05, 0) is 47.2 Å². The maximum absolute atomic E-state index is 2.31. The lowest BCUT2D eigenvalue weighted by atomic mass is 9.95. The van der Waals surface area contributed by atoms with Gasteiger partial charge in [-0.2, -0.15) is 0 Å². The summed E-state index contributed by atoms with van der Waals surface area (Å²) in [5.74, 6) is 0. The third-order valence-corrected chi connectivity index (χ3v) is 7.67. The van der Waals surface area contributed by atoms with Gasteiger partial charge in [-0.25, -0.2) is 0 Å². The molecule has 0 spiro atoms. The predicted octanol–water partition coefficient (Wildman–Crippen LogP) is 6.55. The summed E-state index contributed by atoms with van der Waals surface area (Å²) in [6, 6.07) is 39.7. The van der Waals surface area contributed by atoms with Crippen molar-refractivity contribution in [3.05, 3.63) is 120 Å². The van der Waals surface area contributed by atoms with Gasteiger partial charge in [0.05, 0.1) is 0 Å². The average Bonchev–Trinajstić information content (AvgIpc) is 2.79. The Morgan fingerprint density at radius 3 is 1.46 bits per heavy atom. The molecule has 0 aromatic heterocycles. The van der Waals surface area contributed by atoms with Crippen molar-refractivity contribution >= 4 is 18.5 Å². The molecule has 0 saturated heterocycles. The maximum atomic E-state index is 2.31. The van der Waals surface area contributed by atoms with E-state index in [-0.39, 0.29) is 0 Å². The normalized spacial score (nSPS) is 10.9. The fourth-order valence-corrected chi connectivity index (χ4v) is 6.07. The van der Waals surface area contributed by atoms with Gasteiger partial charge in [-0.1, -0.05) is 116 Å². The van der Waals surface area contributed by atoms with E-state index in [2.05, 4.69) is 116 Å². The lowest BCUT2D eigenvalue weighted by Crippen LogP contribution is -2.13. The topological polar surface area (TPSA) is 0 Å². The molecule has 4 aromatic carbocycles. The molecule has 4 aromatic rings. The zero-order chi connectivity index (χ0) is 19.2. The van der Waals surface area contributed by atoms with Gasteiger partial charge in [0.1, 0.15) is 0 Å². The standard InChI is InChI=1S/C27H25P/c1-2-22-13-9-11-19-26(22)27-20-12-10-14-23(27)21-28(24-15-5-3-6-16-24)25-17-7-4-8-18-25/h3-20H,2,21H2,1H3. The van der Waals surface area contributed by atoms with Crippen molar-refractivity contribution < 1.29 is 0 Å². The zero-order valence-electron chi connectivity index (χ0n) is 16.3. The molecule has 0 amide bonds. The van der Waals surface area contributed by atoms with E-state index < -0.39 is 7.92 Å². The van der Waals surface area contributed by atoms with Crippen LogP contribution in [0.2, 0.25) is 0 Å². The van der Waals surface area contributed by atoms with E-state index in [1.807, 2.05) is 0 Å². The summed E-state index contributed by atoms with van der Waals surface area (Å²) in [6.07, 6.45) is 2.11. The molecule has 0 atom stereocenters. The minimum Gasteiger partial charge on any atom is -0.0622 e. The van der Waals surface area contributed by atoms with Crippen LogP contribution >= 0.6 is 7.92 Å². The van der Waals surface area contributed by atoms with E-state index in [0.717, 1.165) is 12.6 Å². The zero-order valence-corrected chi connectivity index (χ0v) is 17.1. The SMILES string of the molecule is CCc1ccccc1-c1ccccc1CP(c1ccccc1)c1ccccc1. The molecule has 0 aliphatic carbocycles. The molecule has 1 heteroatoms. The summed E-state index contributed by atoms with van der Waals surface area (Å²) in [6.45, 7) is 2.24. The molecule has 0 radical (unpaired) electrons. The second-order valence-corrected chi connectivity index (χ2v) is 9.13. The van der Waals surface area contributed by atoms with Gasteiger partial charge in [-0.3, -0.25) is 0 Å².